The molecule has 1 atom stereocenters. The highest BCUT2D eigenvalue weighted by Gasteiger charge is 2.28. The lowest BCUT2D eigenvalue weighted by Crippen LogP contribution is -2.46. The maximum atomic E-state index is 11.6. The van der Waals surface area contributed by atoms with E-state index >= 15 is 0 Å². The van der Waals surface area contributed by atoms with Gasteiger partial charge in [0, 0.05) is 13.2 Å². The molecule has 0 aromatic rings. The van der Waals surface area contributed by atoms with Gasteiger partial charge in [0.05, 0.1) is 6.61 Å². The third-order valence-corrected chi connectivity index (χ3v) is 2.78. The van der Waals surface area contributed by atoms with Gasteiger partial charge >= 0.3 is 5.97 Å². The molecule has 88 valence electrons. The van der Waals surface area contributed by atoms with Crippen LogP contribution in [0.5, 0.6) is 0 Å². The highest BCUT2D eigenvalue weighted by Crippen LogP contribution is 2.18. The van der Waals surface area contributed by atoms with E-state index in [-0.39, 0.29) is 18.6 Å². The van der Waals surface area contributed by atoms with E-state index in [1.807, 2.05) is 6.92 Å². The van der Waals surface area contributed by atoms with E-state index in [0.717, 1.165) is 38.8 Å². The minimum Gasteiger partial charge on any atom is -0.465 e. The molecule has 1 unspecified atom stereocenters. The quantitative estimate of drug-likeness (QED) is 0.689. The van der Waals surface area contributed by atoms with Crippen molar-refractivity contribution >= 4 is 5.97 Å². The van der Waals surface area contributed by atoms with Crippen molar-refractivity contribution in [2.45, 2.75) is 38.6 Å². The Bertz CT molecular complexity index is 196. The molecule has 1 aliphatic heterocycles. The van der Waals surface area contributed by atoms with Gasteiger partial charge in [-0.2, -0.15) is 0 Å². The molecule has 0 saturated carbocycles. The number of ether oxygens (including phenoxy) is 1. The summed E-state index contributed by atoms with van der Waals surface area (Å²) in [5.74, 6) is -0.102. The summed E-state index contributed by atoms with van der Waals surface area (Å²) in [6, 6.07) is -0.0785. The van der Waals surface area contributed by atoms with Crippen LogP contribution in [0.4, 0.5) is 0 Å². The maximum Gasteiger partial charge on any atom is 0.323 e. The highest BCUT2D eigenvalue weighted by atomic mass is 16.5. The Morgan fingerprint density at radius 3 is 3.00 bits per heavy atom. The topological polar surface area (TPSA) is 49.8 Å². The first-order chi connectivity index (χ1) is 7.29. The van der Waals surface area contributed by atoms with Crippen LogP contribution in [-0.2, 0) is 9.53 Å². The Labute approximate surface area is 91.2 Å². The van der Waals surface area contributed by atoms with Crippen LogP contribution >= 0.6 is 0 Å². The van der Waals surface area contributed by atoms with Gasteiger partial charge in [0.15, 0.2) is 0 Å². The standard InChI is InChI=1S/C11H21NO3/c1-2-15-11(14)10-6-3-4-7-12(10)8-5-9-13/h10,13H,2-9H2,1H3. The lowest BCUT2D eigenvalue weighted by Gasteiger charge is -2.33. The van der Waals surface area contributed by atoms with Crippen molar-refractivity contribution in [3.05, 3.63) is 0 Å². The van der Waals surface area contributed by atoms with Crippen LogP contribution in [0.15, 0.2) is 0 Å². The average molecular weight is 215 g/mol. The molecule has 1 rings (SSSR count). The fourth-order valence-corrected chi connectivity index (χ4v) is 2.04. The Hall–Kier alpha value is -0.610. The van der Waals surface area contributed by atoms with Crippen molar-refractivity contribution in [1.29, 1.82) is 0 Å². The second-order valence-electron chi connectivity index (χ2n) is 3.88. The number of piperidine rings is 1. The molecule has 0 aromatic carbocycles. The van der Waals surface area contributed by atoms with Gasteiger partial charge in [-0.25, -0.2) is 0 Å². The van der Waals surface area contributed by atoms with Gasteiger partial charge in [0.1, 0.15) is 6.04 Å². The molecule has 0 bridgehead atoms. The number of carbonyl (C=O) groups excluding carboxylic acids is 1. The summed E-state index contributed by atoms with van der Waals surface area (Å²) < 4.78 is 5.05. The van der Waals surface area contributed by atoms with Gasteiger partial charge in [-0.15, -0.1) is 0 Å². The van der Waals surface area contributed by atoms with E-state index < -0.39 is 0 Å². The van der Waals surface area contributed by atoms with Gasteiger partial charge in [-0.05, 0) is 32.7 Å². The first-order valence-electron chi connectivity index (χ1n) is 5.81. The average Bonchev–Trinajstić information content (AvgIpc) is 2.27. The van der Waals surface area contributed by atoms with E-state index in [1.165, 1.54) is 0 Å². The normalized spacial score (nSPS) is 22.7. The monoisotopic (exact) mass is 215 g/mol. The summed E-state index contributed by atoms with van der Waals surface area (Å²) in [5.41, 5.74) is 0. The molecule has 1 aliphatic rings. The van der Waals surface area contributed by atoms with Crippen LogP contribution in [0.2, 0.25) is 0 Å². The summed E-state index contributed by atoms with van der Waals surface area (Å²) in [6.07, 6.45) is 3.86. The molecule has 1 heterocycles. The van der Waals surface area contributed by atoms with Crippen molar-refractivity contribution < 1.29 is 14.6 Å². The zero-order valence-electron chi connectivity index (χ0n) is 9.45. The summed E-state index contributed by atoms with van der Waals surface area (Å²) in [4.78, 5) is 13.8. The third-order valence-electron chi connectivity index (χ3n) is 2.78. The number of hydrogen-bond donors (Lipinski definition) is 1. The first kappa shape index (κ1) is 12.5. The lowest BCUT2D eigenvalue weighted by atomic mass is 10.0. The number of aliphatic hydroxyl groups is 1. The minimum atomic E-state index is -0.102. The van der Waals surface area contributed by atoms with E-state index in [4.69, 9.17) is 9.84 Å². The Kier molecular flexibility index (Phi) is 5.65. The van der Waals surface area contributed by atoms with Gasteiger partial charge in [-0.1, -0.05) is 6.42 Å². The van der Waals surface area contributed by atoms with E-state index in [0.29, 0.717) is 6.61 Å². The van der Waals surface area contributed by atoms with Crippen LogP contribution in [0, 0.1) is 0 Å². The van der Waals surface area contributed by atoms with Gasteiger partial charge in [0.25, 0.3) is 0 Å². The van der Waals surface area contributed by atoms with Gasteiger partial charge in [-0.3, -0.25) is 9.69 Å². The van der Waals surface area contributed by atoms with Crippen molar-refractivity contribution in [1.82, 2.24) is 4.90 Å². The smallest absolute Gasteiger partial charge is 0.323 e. The summed E-state index contributed by atoms with van der Waals surface area (Å²) in [6.45, 7) is 4.21. The number of nitrogens with zero attached hydrogens (tertiary/aromatic N) is 1. The van der Waals surface area contributed by atoms with E-state index in [9.17, 15) is 4.79 Å². The lowest BCUT2D eigenvalue weighted by molar-refractivity contribution is -0.151. The summed E-state index contributed by atoms with van der Waals surface area (Å²) in [5, 5.41) is 8.78. The number of aliphatic hydroxyl groups excluding tert-OH is 1. The number of carbonyl (C=O) groups is 1. The maximum absolute atomic E-state index is 11.6. The minimum absolute atomic E-state index is 0.0785. The van der Waals surface area contributed by atoms with Crippen LogP contribution in [0.25, 0.3) is 0 Å². The zero-order chi connectivity index (χ0) is 11.1. The molecule has 0 amide bonds. The molecular weight excluding hydrogens is 194 g/mol. The molecule has 0 spiro atoms. The fourth-order valence-electron chi connectivity index (χ4n) is 2.04. The van der Waals surface area contributed by atoms with Crippen LogP contribution in [-0.4, -0.2) is 48.3 Å². The fraction of sp³-hybridized carbons (Fsp3) is 0.909. The second kappa shape index (κ2) is 6.80. The number of likely N-dealkylation sites (tertiary alicyclic amines) is 1. The zero-order valence-corrected chi connectivity index (χ0v) is 9.45. The molecule has 1 fully saturated rings. The number of esters is 1. The predicted octanol–water partition coefficient (Wildman–Crippen LogP) is 0.786. The highest BCUT2D eigenvalue weighted by molar-refractivity contribution is 5.75. The second-order valence-corrected chi connectivity index (χ2v) is 3.88. The van der Waals surface area contributed by atoms with Crippen molar-refractivity contribution in [3.63, 3.8) is 0 Å². The molecule has 1 N–H and O–H groups in total. The molecule has 0 aromatic heterocycles. The SMILES string of the molecule is CCOC(=O)C1CCCCN1CCCO. The molecule has 4 heteroatoms. The molecule has 4 nitrogen and oxygen atoms in total. The predicted molar refractivity (Wildman–Crippen MR) is 57.5 cm³/mol. The molecule has 1 saturated heterocycles. The van der Waals surface area contributed by atoms with Crippen LogP contribution in [0.3, 0.4) is 0 Å². The van der Waals surface area contributed by atoms with Crippen molar-refractivity contribution in [2.24, 2.45) is 0 Å². The van der Waals surface area contributed by atoms with E-state index in [1.54, 1.807) is 0 Å². The van der Waals surface area contributed by atoms with Crippen molar-refractivity contribution in [3.8, 4) is 0 Å². The molecule has 0 aliphatic carbocycles. The number of hydrogen-bond acceptors (Lipinski definition) is 4. The van der Waals surface area contributed by atoms with Crippen LogP contribution in [0.1, 0.15) is 32.6 Å². The Morgan fingerprint density at radius 2 is 2.33 bits per heavy atom. The van der Waals surface area contributed by atoms with Crippen LogP contribution < -0.4 is 0 Å². The molecule has 0 radical (unpaired) electrons. The Morgan fingerprint density at radius 1 is 1.53 bits per heavy atom. The number of rotatable bonds is 5. The summed E-state index contributed by atoms with van der Waals surface area (Å²) in [7, 11) is 0. The van der Waals surface area contributed by atoms with Crippen molar-refractivity contribution in [2.75, 3.05) is 26.3 Å². The largest absolute Gasteiger partial charge is 0.465 e. The third kappa shape index (κ3) is 3.80. The first-order valence-corrected chi connectivity index (χ1v) is 5.81. The van der Waals surface area contributed by atoms with E-state index in [2.05, 4.69) is 4.90 Å². The van der Waals surface area contributed by atoms with Gasteiger partial charge in [0.2, 0.25) is 0 Å². The molecule has 15 heavy (non-hydrogen) atoms. The van der Waals surface area contributed by atoms with Gasteiger partial charge < -0.3 is 9.84 Å². The molecular formula is C11H21NO3. The summed E-state index contributed by atoms with van der Waals surface area (Å²) >= 11 is 0. The Balaban J connectivity index is 2.45.